The Labute approximate surface area is 138 Å². The summed E-state index contributed by atoms with van der Waals surface area (Å²) in [5, 5.41) is 8.54. The Bertz CT molecular complexity index is 591. The summed E-state index contributed by atoms with van der Waals surface area (Å²) >= 11 is 0. The molecule has 0 radical (unpaired) electrons. The lowest BCUT2D eigenvalue weighted by Gasteiger charge is -2.30. The van der Waals surface area contributed by atoms with Crippen LogP contribution in [0.2, 0.25) is 0 Å². The quantitative estimate of drug-likeness (QED) is 0.729. The maximum Gasteiger partial charge on any atom is 0.211 e. The second-order valence-corrected chi connectivity index (χ2v) is 8.11. The molecule has 1 unspecified atom stereocenters. The molecule has 1 aromatic rings. The highest BCUT2D eigenvalue weighted by Crippen LogP contribution is 2.22. The monoisotopic (exact) mass is 342 g/mol. The molecule has 1 aliphatic heterocycles. The van der Waals surface area contributed by atoms with Gasteiger partial charge in [-0.05, 0) is 37.3 Å². The van der Waals surface area contributed by atoms with E-state index in [1.54, 1.807) is 11.4 Å². The lowest BCUT2D eigenvalue weighted by Crippen LogP contribution is -2.39. The van der Waals surface area contributed by atoms with Crippen LogP contribution in [0.15, 0.2) is 12.1 Å². The molecule has 1 fully saturated rings. The number of likely N-dealkylation sites (N-methyl/N-ethyl adjacent to an activating group) is 1. The number of hydrogen-bond acceptors (Lipinski definition) is 6. The molecule has 7 nitrogen and oxygen atoms in total. The summed E-state index contributed by atoms with van der Waals surface area (Å²) in [5.41, 5.74) is 0.911. The standard InChI is InChI=1S/C15H26N4O3S/c1-18(9-10-22-2)15-7-6-14(16-17-15)11-13-5-4-8-19(12-13)23(3,20)21/h6-7,13H,4-5,8-12H2,1-3H3. The average Bonchev–Trinajstić information content (AvgIpc) is 2.53. The summed E-state index contributed by atoms with van der Waals surface area (Å²) in [6.45, 7) is 2.61. The number of hydrogen-bond donors (Lipinski definition) is 0. The highest BCUT2D eigenvalue weighted by atomic mass is 32.2. The van der Waals surface area contributed by atoms with Crippen LogP contribution in [0.5, 0.6) is 0 Å². The predicted octanol–water partition coefficient (Wildman–Crippen LogP) is 0.773. The van der Waals surface area contributed by atoms with Gasteiger partial charge in [0.2, 0.25) is 10.0 Å². The van der Waals surface area contributed by atoms with E-state index in [2.05, 4.69) is 10.2 Å². The summed E-state index contributed by atoms with van der Waals surface area (Å²) in [7, 11) is 0.526. The first-order valence-corrected chi connectivity index (χ1v) is 9.73. The van der Waals surface area contributed by atoms with Crippen molar-refractivity contribution in [3.8, 4) is 0 Å². The van der Waals surface area contributed by atoms with Gasteiger partial charge in [-0.15, -0.1) is 5.10 Å². The topological polar surface area (TPSA) is 75.6 Å². The minimum atomic E-state index is -3.10. The molecule has 1 aromatic heterocycles. The Morgan fingerprint density at radius 3 is 2.78 bits per heavy atom. The number of rotatable bonds is 7. The van der Waals surface area contributed by atoms with E-state index in [1.807, 2.05) is 24.1 Å². The van der Waals surface area contributed by atoms with Gasteiger partial charge in [-0.2, -0.15) is 5.10 Å². The van der Waals surface area contributed by atoms with Gasteiger partial charge < -0.3 is 9.64 Å². The van der Waals surface area contributed by atoms with Crippen molar-refractivity contribution >= 4 is 15.8 Å². The first-order valence-electron chi connectivity index (χ1n) is 7.88. The first kappa shape index (κ1) is 18.1. The minimum absolute atomic E-state index is 0.310. The van der Waals surface area contributed by atoms with E-state index < -0.39 is 10.0 Å². The van der Waals surface area contributed by atoms with Gasteiger partial charge in [-0.25, -0.2) is 12.7 Å². The third kappa shape index (κ3) is 5.40. The molecule has 1 saturated heterocycles. The maximum absolute atomic E-state index is 11.7. The molecular formula is C15H26N4O3S. The van der Waals surface area contributed by atoms with Crippen molar-refractivity contribution in [3.05, 3.63) is 17.8 Å². The van der Waals surface area contributed by atoms with Gasteiger partial charge in [0, 0.05) is 33.8 Å². The number of nitrogens with zero attached hydrogens (tertiary/aromatic N) is 4. The third-order valence-corrected chi connectivity index (χ3v) is 5.45. The predicted molar refractivity (Wildman–Crippen MR) is 90.0 cm³/mol. The Balaban J connectivity index is 1.93. The van der Waals surface area contributed by atoms with E-state index in [9.17, 15) is 8.42 Å². The second kappa shape index (κ2) is 8.03. The Morgan fingerprint density at radius 1 is 1.39 bits per heavy atom. The highest BCUT2D eigenvalue weighted by Gasteiger charge is 2.26. The highest BCUT2D eigenvalue weighted by molar-refractivity contribution is 7.88. The lowest BCUT2D eigenvalue weighted by molar-refractivity contribution is 0.206. The number of aromatic nitrogens is 2. The van der Waals surface area contributed by atoms with Crippen LogP contribution < -0.4 is 4.90 Å². The van der Waals surface area contributed by atoms with Crippen LogP contribution in [0.3, 0.4) is 0 Å². The molecule has 0 aromatic carbocycles. The maximum atomic E-state index is 11.7. The molecule has 0 spiro atoms. The second-order valence-electron chi connectivity index (χ2n) is 6.13. The van der Waals surface area contributed by atoms with Crippen molar-refractivity contribution in [2.75, 3.05) is 51.6 Å². The van der Waals surface area contributed by atoms with Crippen molar-refractivity contribution < 1.29 is 13.2 Å². The van der Waals surface area contributed by atoms with Gasteiger partial charge in [-0.1, -0.05) is 0 Å². The Kier molecular flexibility index (Phi) is 6.32. The van der Waals surface area contributed by atoms with Crippen molar-refractivity contribution in [2.45, 2.75) is 19.3 Å². The lowest BCUT2D eigenvalue weighted by atomic mass is 9.94. The van der Waals surface area contributed by atoms with E-state index in [1.165, 1.54) is 6.26 Å². The minimum Gasteiger partial charge on any atom is -0.383 e. The van der Waals surface area contributed by atoms with Crippen molar-refractivity contribution in [2.24, 2.45) is 5.92 Å². The van der Waals surface area contributed by atoms with Crippen LogP contribution in [0, 0.1) is 5.92 Å². The van der Waals surface area contributed by atoms with E-state index in [0.29, 0.717) is 25.6 Å². The molecule has 23 heavy (non-hydrogen) atoms. The number of ether oxygens (including phenoxy) is 1. The van der Waals surface area contributed by atoms with Crippen LogP contribution in [-0.4, -0.2) is 69.6 Å². The van der Waals surface area contributed by atoms with Crippen LogP contribution in [0.4, 0.5) is 5.82 Å². The van der Waals surface area contributed by atoms with Gasteiger partial charge in [0.1, 0.15) is 0 Å². The zero-order valence-electron chi connectivity index (χ0n) is 14.1. The van der Waals surface area contributed by atoms with Crippen molar-refractivity contribution in [1.29, 1.82) is 0 Å². The molecule has 0 N–H and O–H groups in total. The van der Waals surface area contributed by atoms with Crippen LogP contribution >= 0.6 is 0 Å². The normalized spacial score (nSPS) is 19.7. The molecule has 2 heterocycles. The smallest absolute Gasteiger partial charge is 0.211 e. The summed E-state index contributed by atoms with van der Waals surface area (Å²) in [6.07, 6.45) is 3.98. The SMILES string of the molecule is COCCN(C)c1ccc(CC2CCCN(S(C)(=O)=O)C2)nn1. The Hall–Kier alpha value is -1.25. The number of anilines is 1. The molecule has 1 aliphatic rings. The van der Waals surface area contributed by atoms with Crippen LogP contribution in [-0.2, 0) is 21.2 Å². The summed E-state index contributed by atoms with van der Waals surface area (Å²) in [5.74, 6) is 1.12. The fourth-order valence-corrected chi connectivity index (χ4v) is 3.74. The fraction of sp³-hybridized carbons (Fsp3) is 0.733. The zero-order valence-corrected chi connectivity index (χ0v) is 14.9. The summed E-state index contributed by atoms with van der Waals surface area (Å²) in [6, 6.07) is 3.93. The number of sulfonamides is 1. The van der Waals surface area contributed by atoms with Crippen LogP contribution in [0.25, 0.3) is 0 Å². The summed E-state index contributed by atoms with van der Waals surface area (Å²) in [4.78, 5) is 1.99. The van der Waals surface area contributed by atoms with Crippen molar-refractivity contribution in [3.63, 3.8) is 0 Å². The molecule has 0 aliphatic carbocycles. The van der Waals surface area contributed by atoms with E-state index in [4.69, 9.17) is 4.74 Å². The summed E-state index contributed by atoms with van der Waals surface area (Å²) < 4.78 is 30.0. The molecule has 1 atom stereocenters. The van der Waals surface area contributed by atoms with E-state index in [0.717, 1.165) is 37.3 Å². The number of methoxy groups -OCH3 is 1. The van der Waals surface area contributed by atoms with Gasteiger partial charge in [0.15, 0.2) is 5.82 Å². The van der Waals surface area contributed by atoms with E-state index in [-0.39, 0.29) is 0 Å². The first-order chi connectivity index (χ1) is 10.9. The molecule has 0 amide bonds. The molecule has 0 saturated carbocycles. The molecular weight excluding hydrogens is 316 g/mol. The van der Waals surface area contributed by atoms with Crippen molar-refractivity contribution in [1.82, 2.24) is 14.5 Å². The molecule has 0 bridgehead atoms. The molecule has 130 valence electrons. The van der Waals surface area contributed by atoms with E-state index >= 15 is 0 Å². The molecule has 2 rings (SSSR count). The largest absolute Gasteiger partial charge is 0.383 e. The van der Waals surface area contributed by atoms with Gasteiger partial charge in [0.05, 0.1) is 18.6 Å². The van der Waals surface area contributed by atoms with Crippen LogP contribution in [0.1, 0.15) is 18.5 Å². The average molecular weight is 342 g/mol. The van der Waals surface area contributed by atoms with Gasteiger partial charge >= 0.3 is 0 Å². The third-order valence-electron chi connectivity index (χ3n) is 4.18. The Morgan fingerprint density at radius 2 is 2.17 bits per heavy atom. The fourth-order valence-electron chi connectivity index (χ4n) is 2.80. The van der Waals surface area contributed by atoms with Gasteiger partial charge in [-0.3, -0.25) is 0 Å². The number of piperidine rings is 1. The molecule has 8 heteroatoms. The van der Waals surface area contributed by atoms with Gasteiger partial charge in [0.25, 0.3) is 0 Å². The zero-order chi connectivity index (χ0) is 16.9.